The average Bonchev–Trinajstić information content (AvgIpc) is 3.40. The van der Waals surface area contributed by atoms with Crippen LogP contribution in [0.25, 0.3) is 5.69 Å². The Morgan fingerprint density at radius 2 is 2.04 bits per heavy atom. The first kappa shape index (κ1) is 18.1. The summed E-state index contributed by atoms with van der Waals surface area (Å²) in [6.07, 6.45) is 6.58. The number of benzene rings is 2. The van der Waals surface area contributed by atoms with Crippen LogP contribution in [0.5, 0.6) is 5.75 Å². The van der Waals surface area contributed by atoms with Crippen LogP contribution in [0.15, 0.2) is 72.2 Å². The second-order valence-corrected chi connectivity index (χ2v) is 6.73. The molecular weight excluding hydrogens is 350 g/mol. The van der Waals surface area contributed by atoms with Crippen LogP contribution in [0.2, 0.25) is 0 Å². The first-order valence-corrected chi connectivity index (χ1v) is 9.66. The van der Waals surface area contributed by atoms with E-state index in [9.17, 15) is 0 Å². The summed E-state index contributed by atoms with van der Waals surface area (Å²) in [5.74, 6) is 1.79. The van der Waals surface area contributed by atoms with Gasteiger partial charge in [-0.2, -0.15) is 0 Å². The summed E-state index contributed by atoms with van der Waals surface area (Å²) in [4.78, 5) is 8.91. The summed E-state index contributed by atoms with van der Waals surface area (Å²) in [6, 6.07) is 16.5. The van der Waals surface area contributed by atoms with Crippen LogP contribution in [0.3, 0.4) is 0 Å². The third-order valence-electron chi connectivity index (χ3n) is 4.74. The van der Waals surface area contributed by atoms with Crippen molar-refractivity contribution in [2.24, 2.45) is 4.99 Å². The number of nitrogens with zero attached hydrogens (tertiary/aromatic N) is 3. The molecule has 144 valence electrons. The molecule has 4 rings (SSSR count). The number of guanidine groups is 1. The van der Waals surface area contributed by atoms with Crippen LogP contribution in [-0.4, -0.2) is 34.7 Å². The van der Waals surface area contributed by atoms with E-state index < -0.39 is 0 Å². The first-order valence-electron chi connectivity index (χ1n) is 9.66. The number of imidazole rings is 1. The van der Waals surface area contributed by atoms with Crippen LogP contribution in [-0.2, 0) is 13.0 Å². The highest BCUT2D eigenvalue weighted by atomic mass is 16.5. The van der Waals surface area contributed by atoms with E-state index in [4.69, 9.17) is 9.73 Å². The van der Waals surface area contributed by atoms with Gasteiger partial charge in [0.15, 0.2) is 5.96 Å². The minimum absolute atomic E-state index is 0.125. The van der Waals surface area contributed by atoms with Crippen molar-refractivity contribution in [2.45, 2.75) is 26.0 Å². The second-order valence-electron chi connectivity index (χ2n) is 6.73. The number of para-hydroxylation sites is 2. The summed E-state index contributed by atoms with van der Waals surface area (Å²) in [6.45, 7) is 4.17. The monoisotopic (exact) mass is 375 g/mol. The fraction of sp³-hybridized carbons (Fsp3) is 0.273. The molecule has 3 aromatic rings. The molecule has 0 radical (unpaired) electrons. The van der Waals surface area contributed by atoms with Crippen LogP contribution >= 0.6 is 0 Å². The lowest BCUT2D eigenvalue weighted by Crippen LogP contribution is -2.42. The predicted molar refractivity (Wildman–Crippen MR) is 111 cm³/mol. The highest BCUT2D eigenvalue weighted by Gasteiger charge is 2.22. The van der Waals surface area contributed by atoms with E-state index in [0.29, 0.717) is 13.1 Å². The molecule has 0 fully saturated rings. The molecular formula is C22H25N5O. The summed E-state index contributed by atoms with van der Waals surface area (Å²) in [5, 5.41) is 6.73. The minimum atomic E-state index is 0.125. The molecule has 0 amide bonds. The average molecular weight is 375 g/mol. The molecule has 0 saturated carbocycles. The number of aromatic nitrogens is 2. The number of aliphatic imine (C=N–C) groups is 1. The van der Waals surface area contributed by atoms with Crippen molar-refractivity contribution in [2.75, 3.05) is 13.1 Å². The van der Waals surface area contributed by atoms with E-state index >= 15 is 0 Å². The Bertz CT molecular complexity index is 911. The van der Waals surface area contributed by atoms with E-state index in [2.05, 4.69) is 46.8 Å². The molecule has 2 N–H and O–H groups in total. The van der Waals surface area contributed by atoms with E-state index in [0.717, 1.165) is 35.9 Å². The Morgan fingerprint density at radius 1 is 1.18 bits per heavy atom. The van der Waals surface area contributed by atoms with Crippen molar-refractivity contribution < 1.29 is 4.74 Å². The topological polar surface area (TPSA) is 63.5 Å². The number of fused-ring (bicyclic) bond motifs is 1. The molecule has 0 aliphatic carbocycles. The van der Waals surface area contributed by atoms with Gasteiger partial charge in [0.05, 0.1) is 25.1 Å². The number of rotatable bonds is 6. The first-order chi connectivity index (χ1) is 13.8. The SMILES string of the molecule is CCNC(=NCc1ccccc1-n1ccnc1)NCC1Cc2ccccc2O1. The maximum atomic E-state index is 6.01. The molecule has 2 heterocycles. The van der Waals surface area contributed by atoms with Crippen LogP contribution < -0.4 is 15.4 Å². The molecule has 2 aromatic carbocycles. The Balaban J connectivity index is 1.41. The molecule has 0 bridgehead atoms. The van der Waals surface area contributed by atoms with Crippen molar-refractivity contribution in [3.05, 3.63) is 78.4 Å². The molecule has 1 aliphatic rings. The Labute approximate surface area is 165 Å². The summed E-state index contributed by atoms with van der Waals surface area (Å²) in [5.41, 5.74) is 3.50. The maximum Gasteiger partial charge on any atom is 0.191 e. The summed E-state index contributed by atoms with van der Waals surface area (Å²) < 4.78 is 8.02. The molecule has 6 nitrogen and oxygen atoms in total. The summed E-state index contributed by atoms with van der Waals surface area (Å²) in [7, 11) is 0. The molecule has 0 spiro atoms. The molecule has 1 aromatic heterocycles. The smallest absolute Gasteiger partial charge is 0.191 e. The van der Waals surface area contributed by atoms with Gasteiger partial charge in [0.2, 0.25) is 0 Å². The lowest BCUT2D eigenvalue weighted by Gasteiger charge is -2.16. The van der Waals surface area contributed by atoms with Gasteiger partial charge in [0.1, 0.15) is 11.9 Å². The van der Waals surface area contributed by atoms with Gasteiger partial charge >= 0.3 is 0 Å². The van der Waals surface area contributed by atoms with Gasteiger partial charge in [-0.15, -0.1) is 0 Å². The van der Waals surface area contributed by atoms with Crippen LogP contribution in [0, 0.1) is 0 Å². The number of ether oxygens (including phenoxy) is 1. The predicted octanol–water partition coefficient (Wildman–Crippen LogP) is 2.93. The zero-order valence-corrected chi connectivity index (χ0v) is 16.0. The van der Waals surface area contributed by atoms with Crippen molar-refractivity contribution in [3.8, 4) is 11.4 Å². The Morgan fingerprint density at radius 3 is 2.86 bits per heavy atom. The van der Waals surface area contributed by atoms with Gasteiger partial charge in [0.25, 0.3) is 0 Å². The fourth-order valence-corrected chi connectivity index (χ4v) is 3.38. The number of hydrogen-bond acceptors (Lipinski definition) is 3. The second kappa shape index (κ2) is 8.61. The zero-order valence-electron chi connectivity index (χ0n) is 16.0. The van der Waals surface area contributed by atoms with Crippen LogP contribution in [0.1, 0.15) is 18.1 Å². The van der Waals surface area contributed by atoms with Crippen molar-refractivity contribution >= 4 is 5.96 Å². The number of hydrogen-bond donors (Lipinski definition) is 2. The lowest BCUT2D eigenvalue weighted by atomic mass is 10.1. The third kappa shape index (κ3) is 4.17. The van der Waals surface area contributed by atoms with E-state index in [1.54, 1.807) is 12.5 Å². The van der Waals surface area contributed by atoms with E-state index in [1.165, 1.54) is 5.56 Å². The highest BCUT2D eigenvalue weighted by Crippen LogP contribution is 2.27. The third-order valence-corrected chi connectivity index (χ3v) is 4.74. The van der Waals surface area contributed by atoms with Crippen molar-refractivity contribution in [1.82, 2.24) is 20.2 Å². The fourth-order valence-electron chi connectivity index (χ4n) is 3.38. The largest absolute Gasteiger partial charge is 0.488 e. The molecule has 28 heavy (non-hydrogen) atoms. The normalized spacial score (nSPS) is 15.8. The summed E-state index contributed by atoms with van der Waals surface area (Å²) >= 11 is 0. The van der Waals surface area contributed by atoms with Gasteiger partial charge in [-0.1, -0.05) is 36.4 Å². The molecule has 0 saturated heterocycles. The van der Waals surface area contributed by atoms with E-state index in [1.807, 2.05) is 35.0 Å². The molecule has 1 unspecified atom stereocenters. The minimum Gasteiger partial charge on any atom is -0.488 e. The van der Waals surface area contributed by atoms with Crippen LogP contribution in [0.4, 0.5) is 0 Å². The molecule has 1 atom stereocenters. The van der Waals surface area contributed by atoms with Gasteiger partial charge in [-0.05, 0) is 30.2 Å². The number of nitrogens with one attached hydrogen (secondary N) is 2. The van der Waals surface area contributed by atoms with Crippen molar-refractivity contribution in [3.63, 3.8) is 0 Å². The Hall–Kier alpha value is -3.28. The molecule has 1 aliphatic heterocycles. The van der Waals surface area contributed by atoms with Gasteiger partial charge in [-0.25, -0.2) is 9.98 Å². The van der Waals surface area contributed by atoms with E-state index in [-0.39, 0.29) is 6.10 Å². The highest BCUT2D eigenvalue weighted by molar-refractivity contribution is 5.79. The zero-order chi connectivity index (χ0) is 19.2. The van der Waals surface area contributed by atoms with Gasteiger partial charge in [0, 0.05) is 25.4 Å². The quantitative estimate of drug-likeness (QED) is 0.514. The van der Waals surface area contributed by atoms with Gasteiger partial charge in [-0.3, -0.25) is 0 Å². The lowest BCUT2D eigenvalue weighted by molar-refractivity contribution is 0.235. The van der Waals surface area contributed by atoms with Crippen molar-refractivity contribution in [1.29, 1.82) is 0 Å². The molecule has 6 heteroatoms. The standard InChI is InChI=1S/C22H25N5O/c1-2-24-22(26-15-19-13-17-7-4-6-10-21(17)28-19)25-14-18-8-3-5-9-20(18)27-12-11-23-16-27/h3-12,16,19H,2,13-15H2,1H3,(H2,24,25,26). The Kier molecular flexibility index (Phi) is 5.56. The van der Waals surface area contributed by atoms with Gasteiger partial charge < -0.3 is 19.9 Å². The maximum absolute atomic E-state index is 6.01.